The van der Waals surface area contributed by atoms with Gasteiger partial charge in [0.15, 0.2) is 0 Å². The lowest BCUT2D eigenvalue weighted by atomic mass is 9.81. The Morgan fingerprint density at radius 1 is 1.15 bits per heavy atom. The number of carbonyl (C=O) groups excluding carboxylic acids is 1. The van der Waals surface area contributed by atoms with Gasteiger partial charge in [-0.05, 0) is 50.7 Å². The SMILES string of the molecule is Cn1nc2c(c1-c1cc(F)cc(F)c1)C[C@H]1CCC[C@@H]2N1C(=O)c1cnn(CCO)c1C1CC1. The molecule has 7 nitrogen and oxygen atoms in total. The summed E-state index contributed by atoms with van der Waals surface area (Å²) >= 11 is 0. The minimum Gasteiger partial charge on any atom is -0.394 e. The van der Waals surface area contributed by atoms with Gasteiger partial charge in [0.2, 0.25) is 0 Å². The first-order valence-electron chi connectivity index (χ1n) is 12.0. The highest BCUT2D eigenvalue weighted by molar-refractivity contribution is 5.96. The number of piperidine rings is 1. The molecule has 1 aliphatic carbocycles. The van der Waals surface area contributed by atoms with Gasteiger partial charge < -0.3 is 10.0 Å². The highest BCUT2D eigenvalue weighted by Gasteiger charge is 2.45. The Kier molecular flexibility index (Phi) is 5.05. The van der Waals surface area contributed by atoms with Crippen LogP contribution in [0.15, 0.2) is 24.4 Å². The van der Waals surface area contributed by atoms with Gasteiger partial charge in [-0.3, -0.25) is 14.2 Å². The summed E-state index contributed by atoms with van der Waals surface area (Å²) in [5.74, 6) is -0.955. The molecule has 0 spiro atoms. The number of aromatic nitrogens is 4. The molecule has 2 aliphatic heterocycles. The molecule has 1 aromatic carbocycles. The van der Waals surface area contributed by atoms with Crippen molar-refractivity contribution in [3.05, 3.63) is 58.5 Å². The van der Waals surface area contributed by atoms with E-state index in [0.29, 0.717) is 35.7 Å². The highest BCUT2D eigenvalue weighted by Crippen LogP contribution is 2.47. The molecule has 178 valence electrons. The van der Waals surface area contributed by atoms with Crippen molar-refractivity contribution in [2.75, 3.05) is 6.61 Å². The van der Waals surface area contributed by atoms with Crippen molar-refractivity contribution in [2.24, 2.45) is 7.05 Å². The molecule has 6 rings (SSSR count). The van der Waals surface area contributed by atoms with Crippen molar-refractivity contribution in [3.63, 3.8) is 0 Å². The molecule has 1 amide bonds. The maximum atomic E-state index is 14.0. The molecule has 4 heterocycles. The summed E-state index contributed by atoms with van der Waals surface area (Å²) in [6.07, 6.45) is 6.98. The van der Waals surface area contributed by atoms with Gasteiger partial charge in [-0.25, -0.2) is 8.78 Å². The van der Waals surface area contributed by atoms with E-state index in [0.717, 1.165) is 55.1 Å². The first-order chi connectivity index (χ1) is 16.5. The van der Waals surface area contributed by atoms with E-state index >= 15 is 0 Å². The molecule has 1 N–H and O–H groups in total. The van der Waals surface area contributed by atoms with E-state index in [1.807, 2.05) is 4.90 Å². The number of halogens is 2. The van der Waals surface area contributed by atoms with Gasteiger partial charge in [0, 0.05) is 36.2 Å². The lowest BCUT2D eigenvalue weighted by Crippen LogP contribution is -2.50. The van der Waals surface area contributed by atoms with Crippen LogP contribution >= 0.6 is 0 Å². The fraction of sp³-hybridized carbons (Fsp3) is 0.480. The summed E-state index contributed by atoms with van der Waals surface area (Å²) in [5.41, 5.74) is 4.53. The van der Waals surface area contributed by atoms with E-state index in [4.69, 9.17) is 5.10 Å². The molecule has 0 radical (unpaired) electrons. The van der Waals surface area contributed by atoms with Crippen molar-refractivity contribution in [2.45, 2.75) is 63.1 Å². The van der Waals surface area contributed by atoms with E-state index in [1.54, 1.807) is 22.6 Å². The molecule has 3 aliphatic rings. The smallest absolute Gasteiger partial charge is 0.258 e. The fourth-order valence-electron chi connectivity index (χ4n) is 5.96. The van der Waals surface area contributed by atoms with Gasteiger partial charge in [-0.2, -0.15) is 10.2 Å². The first kappa shape index (κ1) is 21.5. The maximum absolute atomic E-state index is 14.0. The number of benzene rings is 1. The van der Waals surface area contributed by atoms with Gasteiger partial charge in [-0.15, -0.1) is 0 Å². The average molecular weight is 468 g/mol. The van der Waals surface area contributed by atoms with Crippen LogP contribution in [0.3, 0.4) is 0 Å². The van der Waals surface area contributed by atoms with Crippen LogP contribution < -0.4 is 0 Å². The number of nitrogens with zero attached hydrogens (tertiary/aromatic N) is 5. The summed E-state index contributed by atoms with van der Waals surface area (Å²) in [6, 6.07) is 3.36. The number of carbonyl (C=O) groups is 1. The van der Waals surface area contributed by atoms with Crippen molar-refractivity contribution in [3.8, 4) is 11.3 Å². The monoisotopic (exact) mass is 467 g/mol. The average Bonchev–Trinajstić information content (AvgIpc) is 3.46. The summed E-state index contributed by atoms with van der Waals surface area (Å²) in [5, 5.41) is 18.6. The second kappa shape index (κ2) is 8.01. The van der Waals surface area contributed by atoms with E-state index in [9.17, 15) is 18.7 Å². The van der Waals surface area contributed by atoms with Crippen LogP contribution in [-0.2, 0) is 20.0 Å². The van der Waals surface area contributed by atoms with E-state index < -0.39 is 11.6 Å². The molecule has 1 saturated carbocycles. The predicted octanol–water partition coefficient (Wildman–Crippen LogP) is 3.72. The van der Waals surface area contributed by atoms with Gasteiger partial charge in [0.25, 0.3) is 5.91 Å². The minimum atomic E-state index is -0.620. The molecule has 0 unspecified atom stereocenters. The largest absolute Gasteiger partial charge is 0.394 e. The standard InChI is InChI=1S/C25H27F2N5O2/c1-30-23(15-9-16(26)11-17(27)10-15)19-12-18-3-2-4-21(22(19)29-30)32(18)25(34)20-13-28-31(7-8-33)24(20)14-5-6-14/h9-11,13-14,18,21,33H,2-8,12H2,1H3/t18-,21+/m1/s1. The van der Waals surface area contributed by atoms with Crippen molar-refractivity contribution < 1.29 is 18.7 Å². The van der Waals surface area contributed by atoms with Crippen LogP contribution in [-0.4, -0.2) is 48.1 Å². The van der Waals surface area contributed by atoms with Crippen LogP contribution in [0.5, 0.6) is 0 Å². The molecule has 3 aromatic rings. The lowest BCUT2D eigenvalue weighted by molar-refractivity contribution is 0.0390. The third-order valence-electron chi connectivity index (χ3n) is 7.43. The second-order valence-corrected chi connectivity index (χ2v) is 9.68. The number of aliphatic hydroxyl groups excluding tert-OH is 1. The Morgan fingerprint density at radius 2 is 1.91 bits per heavy atom. The topological polar surface area (TPSA) is 76.2 Å². The molecule has 2 fully saturated rings. The molecular weight excluding hydrogens is 440 g/mol. The normalized spacial score (nSPS) is 21.6. The fourth-order valence-corrected chi connectivity index (χ4v) is 5.96. The van der Waals surface area contributed by atoms with E-state index in [-0.39, 0.29) is 24.6 Å². The number of aliphatic hydroxyl groups is 1. The van der Waals surface area contributed by atoms with Crippen molar-refractivity contribution in [1.82, 2.24) is 24.5 Å². The Bertz CT molecular complexity index is 1260. The van der Waals surface area contributed by atoms with E-state index in [1.165, 1.54) is 12.1 Å². The number of fused-ring (bicyclic) bond motifs is 4. The highest BCUT2D eigenvalue weighted by atomic mass is 19.1. The van der Waals surface area contributed by atoms with Gasteiger partial charge in [0.05, 0.1) is 48.0 Å². The van der Waals surface area contributed by atoms with Crippen LogP contribution in [0.2, 0.25) is 0 Å². The number of hydrogen-bond donors (Lipinski definition) is 1. The number of hydrogen-bond acceptors (Lipinski definition) is 4. The molecule has 34 heavy (non-hydrogen) atoms. The molecular formula is C25H27F2N5O2. The third-order valence-corrected chi connectivity index (χ3v) is 7.43. The Labute approximate surface area is 196 Å². The molecule has 1 saturated heterocycles. The molecule has 9 heteroatoms. The molecule has 2 aromatic heterocycles. The van der Waals surface area contributed by atoms with E-state index in [2.05, 4.69) is 5.10 Å². The van der Waals surface area contributed by atoms with Crippen LogP contribution in [0.4, 0.5) is 8.78 Å². The first-order valence-corrected chi connectivity index (χ1v) is 12.0. The Morgan fingerprint density at radius 3 is 2.62 bits per heavy atom. The molecule has 2 atom stereocenters. The lowest BCUT2D eigenvalue weighted by Gasteiger charge is -2.45. The van der Waals surface area contributed by atoms with Crippen LogP contribution in [0, 0.1) is 11.6 Å². The quantitative estimate of drug-likeness (QED) is 0.621. The van der Waals surface area contributed by atoms with Crippen molar-refractivity contribution in [1.29, 1.82) is 0 Å². The summed E-state index contributed by atoms with van der Waals surface area (Å²) in [6.45, 7) is 0.356. The number of amides is 1. The van der Waals surface area contributed by atoms with Gasteiger partial charge >= 0.3 is 0 Å². The zero-order valence-electron chi connectivity index (χ0n) is 19.0. The predicted molar refractivity (Wildman–Crippen MR) is 120 cm³/mol. The number of aryl methyl sites for hydroxylation is 1. The number of rotatable bonds is 5. The molecule has 2 bridgehead atoms. The summed E-state index contributed by atoms with van der Waals surface area (Å²) in [4.78, 5) is 15.9. The Hall–Kier alpha value is -3.07. The Balaban J connectivity index is 1.41. The maximum Gasteiger partial charge on any atom is 0.258 e. The summed E-state index contributed by atoms with van der Waals surface area (Å²) < 4.78 is 31.4. The van der Waals surface area contributed by atoms with Gasteiger partial charge in [-0.1, -0.05) is 0 Å². The zero-order valence-corrected chi connectivity index (χ0v) is 19.0. The van der Waals surface area contributed by atoms with Gasteiger partial charge in [0.1, 0.15) is 11.6 Å². The minimum absolute atomic E-state index is 0.00616. The third kappa shape index (κ3) is 3.36. The van der Waals surface area contributed by atoms with Crippen LogP contribution in [0.1, 0.15) is 71.4 Å². The van der Waals surface area contributed by atoms with Crippen molar-refractivity contribution >= 4 is 5.91 Å². The summed E-state index contributed by atoms with van der Waals surface area (Å²) in [7, 11) is 1.79. The second-order valence-electron chi connectivity index (χ2n) is 9.68. The van der Waals surface area contributed by atoms with Crippen LogP contribution in [0.25, 0.3) is 11.3 Å². The zero-order chi connectivity index (χ0) is 23.6.